The number of aromatic nitrogens is 5. The molecule has 0 bridgehead atoms. The van der Waals surface area contributed by atoms with E-state index in [1.807, 2.05) is 0 Å². The fourth-order valence-corrected chi connectivity index (χ4v) is 2.09. The van der Waals surface area contributed by atoms with Crippen LogP contribution in [0.25, 0.3) is 11.6 Å². The number of anilines is 1. The fourth-order valence-electron chi connectivity index (χ4n) is 1.51. The van der Waals surface area contributed by atoms with Gasteiger partial charge in [-0.2, -0.15) is 5.10 Å². The Morgan fingerprint density at radius 2 is 2.26 bits per heavy atom. The lowest BCUT2D eigenvalue weighted by molar-refractivity contribution is 0.181. The number of nitrogens with zero attached hydrogens (tertiary/aromatic N) is 4. The molecule has 2 aromatic heterocycles. The summed E-state index contributed by atoms with van der Waals surface area (Å²) in [7, 11) is 1.64. The van der Waals surface area contributed by atoms with Gasteiger partial charge >= 0.3 is 0 Å². The standard InChI is InChI=1S/C11H15IN6O/c1-3-4-13-9-8(12)7(5-19-2)16-11(17-9)10-14-6-15-18-10/h6H,3-5H2,1-2H3,(H,13,16,17)(H,14,15,18). The van der Waals surface area contributed by atoms with Gasteiger partial charge in [0.25, 0.3) is 0 Å². The Morgan fingerprint density at radius 3 is 2.89 bits per heavy atom. The number of aromatic amines is 1. The van der Waals surface area contributed by atoms with Gasteiger partial charge in [0.1, 0.15) is 12.1 Å². The summed E-state index contributed by atoms with van der Waals surface area (Å²) in [6.45, 7) is 3.40. The summed E-state index contributed by atoms with van der Waals surface area (Å²) >= 11 is 2.22. The molecule has 102 valence electrons. The minimum Gasteiger partial charge on any atom is -0.378 e. The first-order chi connectivity index (χ1) is 9.26. The smallest absolute Gasteiger partial charge is 0.199 e. The van der Waals surface area contributed by atoms with Crippen LogP contribution in [0.15, 0.2) is 6.33 Å². The molecule has 2 rings (SSSR count). The molecule has 7 nitrogen and oxygen atoms in total. The van der Waals surface area contributed by atoms with Crippen LogP contribution in [0, 0.1) is 3.57 Å². The van der Waals surface area contributed by atoms with Crippen LogP contribution in [0.1, 0.15) is 19.0 Å². The first-order valence-corrected chi connectivity index (χ1v) is 6.99. The van der Waals surface area contributed by atoms with Crippen LogP contribution in [0.4, 0.5) is 5.82 Å². The monoisotopic (exact) mass is 374 g/mol. The Hall–Kier alpha value is -1.29. The first kappa shape index (κ1) is 14.1. The zero-order valence-electron chi connectivity index (χ0n) is 10.8. The summed E-state index contributed by atoms with van der Waals surface area (Å²) in [4.78, 5) is 13.0. The van der Waals surface area contributed by atoms with E-state index in [2.05, 4.69) is 60.0 Å². The fraction of sp³-hybridized carbons (Fsp3) is 0.455. The zero-order valence-corrected chi connectivity index (χ0v) is 12.9. The molecule has 0 amide bonds. The molecule has 2 N–H and O–H groups in total. The minimum absolute atomic E-state index is 0.433. The third kappa shape index (κ3) is 3.38. The largest absolute Gasteiger partial charge is 0.378 e. The van der Waals surface area contributed by atoms with E-state index < -0.39 is 0 Å². The van der Waals surface area contributed by atoms with Crippen molar-refractivity contribution in [2.75, 3.05) is 19.0 Å². The summed E-state index contributed by atoms with van der Waals surface area (Å²) in [5.74, 6) is 1.87. The Labute approximate surface area is 124 Å². The van der Waals surface area contributed by atoms with Crippen molar-refractivity contribution in [3.05, 3.63) is 15.6 Å². The van der Waals surface area contributed by atoms with Crippen LogP contribution in [0.5, 0.6) is 0 Å². The van der Waals surface area contributed by atoms with Crippen LogP contribution in [-0.4, -0.2) is 38.8 Å². The highest BCUT2D eigenvalue weighted by molar-refractivity contribution is 14.1. The van der Waals surface area contributed by atoms with Crippen LogP contribution in [-0.2, 0) is 11.3 Å². The van der Waals surface area contributed by atoms with Gasteiger partial charge in [-0.25, -0.2) is 15.0 Å². The number of H-pyrrole nitrogens is 1. The molecule has 0 aromatic carbocycles. The maximum atomic E-state index is 5.17. The molecular formula is C11H15IN6O. The molecule has 8 heteroatoms. The summed E-state index contributed by atoms with van der Waals surface area (Å²) < 4.78 is 6.14. The van der Waals surface area contributed by atoms with E-state index in [9.17, 15) is 0 Å². The molecule has 0 spiro atoms. The normalized spacial score (nSPS) is 10.7. The van der Waals surface area contributed by atoms with Gasteiger partial charge in [0.2, 0.25) is 0 Å². The van der Waals surface area contributed by atoms with Gasteiger partial charge in [0.15, 0.2) is 11.6 Å². The Morgan fingerprint density at radius 1 is 1.42 bits per heavy atom. The molecule has 0 aliphatic carbocycles. The molecule has 19 heavy (non-hydrogen) atoms. The number of halogens is 1. The predicted octanol–water partition coefficient (Wildman–Crippen LogP) is 1.83. The molecular weight excluding hydrogens is 359 g/mol. The number of methoxy groups -OCH3 is 1. The zero-order chi connectivity index (χ0) is 13.7. The van der Waals surface area contributed by atoms with Crippen LogP contribution in [0.3, 0.4) is 0 Å². The quantitative estimate of drug-likeness (QED) is 0.751. The molecule has 0 radical (unpaired) electrons. The van der Waals surface area contributed by atoms with Gasteiger partial charge in [-0.3, -0.25) is 5.10 Å². The second kappa shape index (κ2) is 6.75. The molecule has 2 heterocycles. The Bertz CT molecular complexity index is 530. The van der Waals surface area contributed by atoms with Crippen molar-refractivity contribution in [1.29, 1.82) is 0 Å². The Kier molecular flexibility index (Phi) is 5.02. The van der Waals surface area contributed by atoms with E-state index in [-0.39, 0.29) is 0 Å². The van der Waals surface area contributed by atoms with Crippen LogP contribution < -0.4 is 5.32 Å². The van der Waals surface area contributed by atoms with E-state index in [1.165, 1.54) is 6.33 Å². The van der Waals surface area contributed by atoms with Crippen LogP contribution >= 0.6 is 22.6 Å². The van der Waals surface area contributed by atoms with Crippen molar-refractivity contribution in [1.82, 2.24) is 25.1 Å². The lowest BCUT2D eigenvalue weighted by atomic mass is 10.3. The van der Waals surface area contributed by atoms with E-state index in [0.717, 1.165) is 28.0 Å². The number of nitrogens with one attached hydrogen (secondary N) is 2. The SMILES string of the molecule is CCCNc1nc(-c2ncn[nH]2)nc(COC)c1I. The van der Waals surface area contributed by atoms with Crippen molar-refractivity contribution in [2.24, 2.45) is 0 Å². The van der Waals surface area contributed by atoms with Gasteiger partial charge in [-0.15, -0.1) is 0 Å². The number of hydrogen-bond acceptors (Lipinski definition) is 6. The average molecular weight is 374 g/mol. The maximum Gasteiger partial charge on any atom is 0.199 e. The maximum absolute atomic E-state index is 5.17. The third-order valence-corrected chi connectivity index (χ3v) is 3.50. The van der Waals surface area contributed by atoms with Gasteiger partial charge in [0, 0.05) is 13.7 Å². The summed E-state index contributed by atoms with van der Waals surface area (Å²) in [6, 6.07) is 0. The lowest BCUT2D eigenvalue weighted by Gasteiger charge is -2.11. The molecule has 0 fully saturated rings. The molecule has 0 atom stereocenters. The van der Waals surface area contributed by atoms with Gasteiger partial charge in [-0.05, 0) is 29.0 Å². The van der Waals surface area contributed by atoms with E-state index >= 15 is 0 Å². The molecule has 0 saturated heterocycles. The molecule has 0 aliphatic rings. The highest BCUT2D eigenvalue weighted by Gasteiger charge is 2.14. The predicted molar refractivity (Wildman–Crippen MR) is 79.6 cm³/mol. The molecule has 2 aromatic rings. The first-order valence-electron chi connectivity index (χ1n) is 5.91. The summed E-state index contributed by atoms with van der Waals surface area (Å²) in [5, 5.41) is 9.87. The molecule has 0 aliphatic heterocycles. The summed E-state index contributed by atoms with van der Waals surface area (Å²) in [5.41, 5.74) is 0.836. The third-order valence-electron chi connectivity index (χ3n) is 2.37. The van der Waals surface area contributed by atoms with E-state index in [4.69, 9.17) is 4.74 Å². The van der Waals surface area contributed by atoms with Crippen molar-refractivity contribution in [3.63, 3.8) is 0 Å². The summed E-state index contributed by atoms with van der Waals surface area (Å²) in [6.07, 6.45) is 2.46. The minimum atomic E-state index is 0.433. The number of ether oxygens (including phenoxy) is 1. The van der Waals surface area contributed by atoms with E-state index in [0.29, 0.717) is 18.3 Å². The molecule has 0 saturated carbocycles. The van der Waals surface area contributed by atoms with E-state index in [1.54, 1.807) is 7.11 Å². The number of rotatable bonds is 6. The topological polar surface area (TPSA) is 88.6 Å². The van der Waals surface area contributed by atoms with Crippen LogP contribution in [0.2, 0.25) is 0 Å². The van der Waals surface area contributed by atoms with Crippen molar-refractivity contribution in [3.8, 4) is 11.6 Å². The average Bonchev–Trinajstić information content (AvgIpc) is 2.94. The number of hydrogen-bond donors (Lipinski definition) is 2. The molecule has 0 unspecified atom stereocenters. The lowest BCUT2D eigenvalue weighted by Crippen LogP contribution is -2.10. The van der Waals surface area contributed by atoms with Gasteiger partial charge in [0.05, 0.1) is 15.9 Å². The highest BCUT2D eigenvalue weighted by atomic mass is 127. The van der Waals surface area contributed by atoms with Gasteiger partial charge < -0.3 is 10.1 Å². The highest BCUT2D eigenvalue weighted by Crippen LogP contribution is 2.22. The second-order valence-electron chi connectivity index (χ2n) is 3.85. The van der Waals surface area contributed by atoms with Crippen molar-refractivity contribution < 1.29 is 4.74 Å². The second-order valence-corrected chi connectivity index (χ2v) is 4.93. The Balaban J connectivity index is 2.41. The van der Waals surface area contributed by atoms with Gasteiger partial charge in [-0.1, -0.05) is 6.92 Å². The van der Waals surface area contributed by atoms with Crippen molar-refractivity contribution in [2.45, 2.75) is 20.0 Å². The van der Waals surface area contributed by atoms with Crippen molar-refractivity contribution >= 4 is 28.4 Å².